The molecule has 1 aromatic carbocycles. The van der Waals surface area contributed by atoms with Gasteiger partial charge in [0.1, 0.15) is 11.6 Å². The Morgan fingerprint density at radius 1 is 1.39 bits per heavy atom. The fourth-order valence-corrected chi connectivity index (χ4v) is 2.22. The molecule has 1 aromatic heterocycles. The van der Waals surface area contributed by atoms with Crippen molar-refractivity contribution in [2.24, 2.45) is 5.73 Å². The van der Waals surface area contributed by atoms with Gasteiger partial charge in [-0.05, 0) is 31.5 Å². The second-order valence-corrected chi connectivity index (χ2v) is 4.46. The molecule has 2 atom stereocenters. The van der Waals surface area contributed by atoms with Gasteiger partial charge in [0, 0.05) is 18.4 Å². The molecule has 4 heteroatoms. The van der Waals surface area contributed by atoms with Crippen LogP contribution < -0.4 is 10.5 Å². The maximum absolute atomic E-state index is 6.13. The van der Waals surface area contributed by atoms with Crippen molar-refractivity contribution in [3.63, 3.8) is 0 Å². The number of hydrogen-bond donors (Lipinski definition) is 1. The summed E-state index contributed by atoms with van der Waals surface area (Å²) in [5, 5.41) is 0. The number of methoxy groups -OCH3 is 1. The molecule has 0 spiro atoms. The summed E-state index contributed by atoms with van der Waals surface area (Å²) in [6.07, 6.45) is 3.76. The van der Waals surface area contributed by atoms with Gasteiger partial charge in [0.15, 0.2) is 0 Å². The van der Waals surface area contributed by atoms with Gasteiger partial charge in [-0.15, -0.1) is 0 Å². The lowest BCUT2D eigenvalue weighted by molar-refractivity contribution is 0.411. The Labute approximate surface area is 107 Å². The van der Waals surface area contributed by atoms with Gasteiger partial charge in [-0.3, -0.25) is 0 Å². The second kappa shape index (κ2) is 5.23. The third-order valence-electron chi connectivity index (χ3n) is 3.10. The molecule has 18 heavy (non-hydrogen) atoms. The number of aromatic nitrogens is 2. The fourth-order valence-electron chi connectivity index (χ4n) is 2.22. The van der Waals surface area contributed by atoms with Crippen LogP contribution in [0.25, 0.3) is 0 Å². The van der Waals surface area contributed by atoms with Crippen molar-refractivity contribution < 1.29 is 4.74 Å². The summed E-state index contributed by atoms with van der Waals surface area (Å²) in [7, 11) is 1.67. The predicted molar refractivity (Wildman–Crippen MR) is 71.7 cm³/mol. The molecular formula is C14H19N3O. The maximum Gasteiger partial charge on any atom is 0.119 e. The molecule has 0 fully saturated rings. The minimum atomic E-state index is -0.00925. The van der Waals surface area contributed by atoms with E-state index < -0.39 is 0 Å². The van der Waals surface area contributed by atoms with E-state index >= 15 is 0 Å². The standard InChI is InChI=1S/C14H19N3O/c1-10(15)14(17-8-7-16-11(17)2)12-5-4-6-13(9-12)18-3/h4-10,14H,15H2,1-3H3. The number of aryl methyl sites for hydroxylation is 1. The molecule has 2 aromatic rings. The van der Waals surface area contributed by atoms with Crippen LogP contribution in [0.15, 0.2) is 36.7 Å². The monoisotopic (exact) mass is 245 g/mol. The number of benzene rings is 1. The minimum Gasteiger partial charge on any atom is -0.497 e. The van der Waals surface area contributed by atoms with Crippen LogP contribution in [-0.2, 0) is 0 Å². The quantitative estimate of drug-likeness (QED) is 0.897. The predicted octanol–water partition coefficient (Wildman–Crippen LogP) is 2.14. The molecule has 4 nitrogen and oxygen atoms in total. The van der Waals surface area contributed by atoms with Crippen LogP contribution in [0.4, 0.5) is 0 Å². The summed E-state index contributed by atoms with van der Waals surface area (Å²) in [5.74, 6) is 1.80. The van der Waals surface area contributed by atoms with Crippen LogP contribution in [0.3, 0.4) is 0 Å². The average Bonchev–Trinajstić information content (AvgIpc) is 2.76. The molecule has 0 amide bonds. The maximum atomic E-state index is 6.13. The van der Waals surface area contributed by atoms with E-state index in [1.807, 2.05) is 38.2 Å². The van der Waals surface area contributed by atoms with Crippen molar-refractivity contribution in [1.82, 2.24) is 9.55 Å². The van der Waals surface area contributed by atoms with Crippen molar-refractivity contribution in [2.45, 2.75) is 25.9 Å². The highest BCUT2D eigenvalue weighted by molar-refractivity contribution is 5.32. The lowest BCUT2D eigenvalue weighted by Gasteiger charge is -2.24. The summed E-state index contributed by atoms with van der Waals surface area (Å²) in [4.78, 5) is 4.26. The summed E-state index contributed by atoms with van der Waals surface area (Å²) < 4.78 is 7.36. The van der Waals surface area contributed by atoms with Crippen molar-refractivity contribution in [2.75, 3.05) is 7.11 Å². The molecular weight excluding hydrogens is 226 g/mol. The number of rotatable bonds is 4. The summed E-state index contributed by atoms with van der Waals surface area (Å²) in [5.41, 5.74) is 7.26. The van der Waals surface area contributed by atoms with Crippen molar-refractivity contribution >= 4 is 0 Å². The Kier molecular flexibility index (Phi) is 3.67. The molecule has 2 rings (SSSR count). The van der Waals surface area contributed by atoms with Crippen LogP contribution in [0, 0.1) is 6.92 Å². The van der Waals surface area contributed by atoms with Crippen molar-refractivity contribution in [3.8, 4) is 5.75 Å². The van der Waals surface area contributed by atoms with Gasteiger partial charge in [-0.1, -0.05) is 12.1 Å². The van der Waals surface area contributed by atoms with Gasteiger partial charge in [-0.25, -0.2) is 4.98 Å². The molecule has 0 bridgehead atoms. The van der Waals surface area contributed by atoms with Gasteiger partial charge in [0.25, 0.3) is 0 Å². The van der Waals surface area contributed by atoms with Crippen LogP contribution in [-0.4, -0.2) is 22.7 Å². The average molecular weight is 245 g/mol. The molecule has 1 heterocycles. The number of imidazole rings is 1. The summed E-state index contributed by atoms with van der Waals surface area (Å²) in [6.45, 7) is 3.99. The van der Waals surface area contributed by atoms with Gasteiger partial charge in [-0.2, -0.15) is 0 Å². The van der Waals surface area contributed by atoms with Crippen molar-refractivity contribution in [1.29, 1.82) is 0 Å². The Bertz CT molecular complexity index is 519. The molecule has 0 saturated heterocycles. The summed E-state index contributed by atoms with van der Waals surface area (Å²) in [6, 6.07) is 8.06. The minimum absolute atomic E-state index is 0.00925. The van der Waals surface area contributed by atoms with Crippen LogP contribution in [0.2, 0.25) is 0 Å². The Hall–Kier alpha value is -1.81. The third-order valence-corrected chi connectivity index (χ3v) is 3.10. The first kappa shape index (κ1) is 12.6. The zero-order valence-electron chi connectivity index (χ0n) is 11.0. The number of nitrogens with two attached hydrogens (primary N) is 1. The molecule has 0 aliphatic heterocycles. The largest absolute Gasteiger partial charge is 0.497 e. The Morgan fingerprint density at radius 2 is 2.17 bits per heavy atom. The van der Waals surface area contributed by atoms with Crippen molar-refractivity contribution in [3.05, 3.63) is 48.0 Å². The number of ether oxygens (including phenoxy) is 1. The molecule has 0 saturated carbocycles. The fraction of sp³-hybridized carbons (Fsp3) is 0.357. The SMILES string of the molecule is COc1cccc(C(C(C)N)n2ccnc2C)c1. The molecule has 2 unspecified atom stereocenters. The first-order valence-corrected chi connectivity index (χ1v) is 6.02. The van der Waals surface area contributed by atoms with E-state index in [0.29, 0.717) is 0 Å². The summed E-state index contributed by atoms with van der Waals surface area (Å²) >= 11 is 0. The van der Waals surface area contributed by atoms with Crippen LogP contribution >= 0.6 is 0 Å². The van der Waals surface area contributed by atoms with E-state index in [2.05, 4.69) is 15.6 Å². The van der Waals surface area contributed by atoms with E-state index in [-0.39, 0.29) is 12.1 Å². The highest BCUT2D eigenvalue weighted by Crippen LogP contribution is 2.25. The first-order valence-electron chi connectivity index (χ1n) is 6.02. The lowest BCUT2D eigenvalue weighted by Crippen LogP contribution is -2.30. The van der Waals surface area contributed by atoms with E-state index in [1.54, 1.807) is 13.3 Å². The molecule has 96 valence electrons. The van der Waals surface area contributed by atoms with Gasteiger partial charge >= 0.3 is 0 Å². The molecule has 0 aliphatic rings. The Morgan fingerprint density at radius 3 is 2.72 bits per heavy atom. The number of hydrogen-bond acceptors (Lipinski definition) is 3. The van der Waals surface area contributed by atoms with Gasteiger partial charge in [0.05, 0.1) is 13.2 Å². The van der Waals surface area contributed by atoms with Gasteiger partial charge in [0.2, 0.25) is 0 Å². The highest BCUT2D eigenvalue weighted by Gasteiger charge is 2.19. The molecule has 2 N–H and O–H groups in total. The van der Waals surface area contributed by atoms with E-state index in [1.165, 1.54) is 0 Å². The molecule has 0 radical (unpaired) electrons. The van der Waals surface area contributed by atoms with E-state index in [0.717, 1.165) is 17.1 Å². The third kappa shape index (κ3) is 2.38. The number of nitrogens with zero attached hydrogens (tertiary/aromatic N) is 2. The highest BCUT2D eigenvalue weighted by atomic mass is 16.5. The van der Waals surface area contributed by atoms with Gasteiger partial charge < -0.3 is 15.0 Å². The van der Waals surface area contributed by atoms with E-state index in [4.69, 9.17) is 10.5 Å². The zero-order valence-corrected chi connectivity index (χ0v) is 11.0. The van der Waals surface area contributed by atoms with Crippen LogP contribution in [0.1, 0.15) is 24.4 Å². The Balaban J connectivity index is 2.45. The first-order chi connectivity index (χ1) is 8.63. The van der Waals surface area contributed by atoms with Crippen LogP contribution in [0.5, 0.6) is 5.75 Å². The topological polar surface area (TPSA) is 53.1 Å². The second-order valence-electron chi connectivity index (χ2n) is 4.46. The zero-order chi connectivity index (χ0) is 13.1. The molecule has 0 aliphatic carbocycles. The normalized spacial score (nSPS) is 14.2. The smallest absolute Gasteiger partial charge is 0.119 e. The van der Waals surface area contributed by atoms with E-state index in [9.17, 15) is 0 Å². The lowest BCUT2D eigenvalue weighted by atomic mass is 10.0.